The van der Waals surface area contributed by atoms with E-state index < -0.39 is 0 Å². The molecular weight excluding hydrogens is 242 g/mol. The molecule has 1 aromatic rings. The molecule has 0 heterocycles. The Kier molecular flexibility index (Phi) is 3.54. The molecule has 0 aromatic heterocycles. The van der Waals surface area contributed by atoms with E-state index >= 15 is 0 Å². The molecule has 0 aliphatic rings. The maximum absolute atomic E-state index is 8.73. The van der Waals surface area contributed by atoms with Crippen LogP contribution in [-0.4, -0.2) is 7.11 Å². The van der Waals surface area contributed by atoms with Crippen LogP contribution in [0.2, 0.25) is 0 Å². The molecule has 14 heavy (non-hydrogen) atoms. The Hall–Kier alpha value is -1.01. The van der Waals surface area contributed by atoms with E-state index in [1.165, 1.54) is 0 Å². The summed E-state index contributed by atoms with van der Waals surface area (Å²) in [5, 5.41) is 8.73. The first-order valence-electron chi connectivity index (χ1n) is 4.31. The number of benzene rings is 1. The molecule has 0 radical (unpaired) electrons. The first-order valence-corrected chi connectivity index (χ1v) is 5.10. The monoisotopic (exact) mass is 253 g/mol. The molecule has 1 rings (SSSR count). The SMILES string of the molecule is COc1c(C)cc(Br)c(C)c1CC#N. The molecule has 2 nitrogen and oxygen atoms in total. The van der Waals surface area contributed by atoms with Crippen LogP contribution in [0.25, 0.3) is 0 Å². The van der Waals surface area contributed by atoms with Gasteiger partial charge in [0, 0.05) is 10.0 Å². The highest BCUT2D eigenvalue weighted by Crippen LogP contribution is 2.32. The Bertz CT molecular complexity index is 393. The summed E-state index contributed by atoms with van der Waals surface area (Å²) in [6.07, 6.45) is 0.384. The third-order valence-corrected chi connectivity index (χ3v) is 3.07. The van der Waals surface area contributed by atoms with Gasteiger partial charge in [-0.1, -0.05) is 15.9 Å². The molecule has 0 saturated heterocycles. The number of methoxy groups -OCH3 is 1. The highest BCUT2D eigenvalue weighted by molar-refractivity contribution is 9.10. The molecule has 0 fully saturated rings. The van der Waals surface area contributed by atoms with Crippen molar-refractivity contribution in [2.75, 3.05) is 7.11 Å². The van der Waals surface area contributed by atoms with Crippen molar-refractivity contribution in [2.45, 2.75) is 20.3 Å². The van der Waals surface area contributed by atoms with Crippen molar-refractivity contribution in [3.05, 3.63) is 27.2 Å². The Morgan fingerprint density at radius 3 is 2.64 bits per heavy atom. The molecule has 0 bridgehead atoms. The fraction of sp³-hybridized carbons (Fsp3) is 0.364. The van der Waals surface area contributed by atoms with Crippen molar-refractivity contribution >= 4 is 15.9 Å². The number of aryl methyl sites for hydroxylation is 1. The minimum Gasteiger partial charge on any atom is -0.496 e. The normalized spacial score (nSPS) is 9.64. The van der Waals surface area contributed by atoms with E-state index in [1.807, 2.05) is 19.9 Å². The maximum Gasteiger partial charge on any atom is 0.126 e. The first-order chi connectivity index (χ1) is 6.61. The summed E-state index contributed by atoms with van der Waals surface area (Å²) in [5.74, 6) is 0.826. The number of nitriles is 1. The second kappa shape index (κ2) is 4.47. The lowest BCUT2D eigenvalue weighted by Crippen LogP contribution is -1.98. The summed E-state index contributed by atoms with van der Waals surface area (Å²) in [5.41, 5.74) is 3.10. The molecule has 0 aliphatic heterocycles. The van der Waals surface area contributed by atoms with Crippen molar-refractivity contribution in [3.63, 3.8) is 0 Å². The number of hydrogen-bond donors (Lipinski definition) is 0. The number of nitrogens with zero attached hydrogens (tertiary/aromatic N) is 1. The van der Waals surface area contributed by atoms with Crippen LogP contribution in [-0.2, 0) is 6.42 Å². The summed E-state index contributed by atoms with van der Waals surface area (Å²) >= 11 is 3.47. The second-order valence-electron chi connectivity index (χ2n) is 3.15. The number of ether oxygens (including phenoxy) is 1. The largest absolute Gasteiger partial charge is 0.496 e. The van der Waals surface area contributed by atoms with E-state index in [9.17, 15) is 0 Å². The van der Waals surface area contributed by atoms with Crippen LogP contribution in [0.4, 0.5) is 0 Å². The molecule has 0 unspecified atom stereocenters. The van der Waals surface area contributed by atoms with E-state index in [0.717, 1.165) is 26.9 Å². The van der Waals surface area contributed by atoms with Crippen molar-refractivity contribution in [1.82, 2.24) is 0 Å². The minimum absolute atomic E-state index is 0.384. The summed E-state index contributed by atoms with van der Waals surface area (Å²) in [6.45, 7) is 3.96. The third kappa shape index (κ3) is 1.91. The Morgan fingerprint density at radius 2 is 2.14 bits per heavy atom. The van der Waals surface area contributed by atoms with Gasteiger partial charge in [0.15, 0.2) is 0 Å². The summed E-state index contributed by atoms with van der Waals surface area (Å²) in [4.78, 5) is 0. The zero-order valence-corrected chi connectivity index (χ0v) is 10.1. The molecular formula is C11H12BrNO. The lowest BCUT2D eigenvalue weighted by atomic mass is 10.0. The van der Waals surface area contributed by atoms with Gasteiger partial charge < -0.3 is 4.74 Å². The number of halogens is 1. The van der Waals surface area contributed by atoms with Crippen molar-refractivity contribution in [3.8, 4) is 11.8 Å². The predicted molar refractivity (Wildman–Crippen MR) is 59.5 cm³/mol. The van der Waals surface area contributed by atoms with Gasteiger partial charge in [-0.3, -0.25) is 0 Å². The highest BCUT2D eigenvalue weighted by atomic mass is 79.9. The third-order valence-electron chi connectivity index (χ3n) is 2.25. The topological polar surface area (TPSA) is 33.0 Å². The number of rotatable bonds is 2. The van der Waals surface area contributed by atoms with Crippen LogP contribution in [0.5, 0.6) is 5.75 Å². The number of hydrogen-bond acceptors (Lipinski definition) is 2. The second-order valence-corrected chi connectivity index (χ2v) is 4.00. The van der Waals surface area contributed by atoms with Crippen LogP contribution in [0.3, 0.4) is 0 Å². The molecule has 0 amide bonds. The van der Waals surface area contributed by atoms with Gasteiger partial charge in [-0.25, -0.2) is 0 Å². The van der Waals surface area contributed by atoms with Gasteiger partial charge in [0.1, 0.15) is 5.75 Å². The van der Waals surface area contributed by atoms with Crippen LogP contribution >= 0.6 is 15.9 Å². The van der Waals surface area contributed by atoms with E-state index in [1.54, 1.807) is 7.11 Å². The molecule has 0 aliphatic carbocycles. The lowest BCUT2D eigenvalue weighted by Gasteiger charge is -2.13. The summed E-state index contributed by atoms with van der Waals surface area (Å²) < 4.78 is 6.32. The van der Waals surface area contributed by atoms with Crippen molar-refractivity contribution in [1.29, 1.82) is 5.26 Å². The smallest absolute Gasteiger partial charge is 0.126 e. The van der Waals surface area contributed by atoms with Crippen LogP contribution < -0.4 is 4.74 Å². The van der Waals surface area contributed by atoms with Gasteiger partial charge in [0.05, 0.1) is 19.6 Å². The average molecular weight is 254 g/mol. The molecule has 1 aromatic carbocycles. The van der Waals surface area contributed by atoms with E-state index in [4.69, 9.17) is 10.00 Å². The Labute approximate surface area is 92.6 Å². The first kappa shape index (κ1) is 11.1. The van der Waals surface area contributed by atoms with Gasteiger partial charge in [-0.15, -0.1) is 0 Å². The van der Waals surface area contributed by atoms with E-state index in [0.29, 0.717) is 6.42 Å². The van der Waals surface area contributed by atoms with E-state index in [-0.39, 0.29) is 0 Å². The zero-order chi connectivity index (χ0) is 10.7. The zero-order valence-electron chi connectivity index (χ0n) is 8.52. The van der Waals surface area contributed by atoms with Crippen LogP contribution in [0.15, 0.2) is 10.5 Å². The molecule has 0 spiro atoms. The molecule has 74 valence electrons. The minimum atomic E-state index is 0.384. The van der Waals surface area contributed by atoms with Gasteiger partial charge in [-0.2, -0.15) is 5.26 Å². The van der Waals surface area contributed by atoms with Crippen LogP contribution in [0.1, 0.15) is 16.7 Å². The highest BCUT2D eigenvalue weighted by Gasteiger charge is 2.12. The van der Waals surface area contributed by atoms with Gasteiger partial charge in [-0.05, 0) is 31.0 Å². The van der Waals surface area contributed by atoms with Crippen molar-refractivity contribution < 1.29 is 4.74 Å². The van der Waals surface area contributed by atoms with Crippen LogP contribution in [0, 0.1) is 25.2 Å². The van der Waals surface area contributed by atoms with Gasteiger partial charge in [0.2, 0.25) is 0 Å². The molecule has 0 saturated carbocycles. The molecule has 0 N–H and O–H groups in total. The van der Waals surface area contributed by atoms with E-state index in [2.05, 4.69) is 22.0 Å². The lowest BCUT2D eigenvalue weighted by molar-refractivity contribution is 0.407. The van der Waals surface area contributed by atoms with Gasteiger partial charge in [0.25, 0.3) is 0 Å². The molecule has 3 heteroatoms. The Balaban J connectivity index is 3.41. The quantitative estimate of drug-likeness (QED) is 0.812. The summed E-state index contributed by atoms with van der Waals surface area (Å²) in [7, 11) is 1.64. The fourth-order valence-corrected chi connectivity index (χ4v) is 2.08. The fourth-order valence-electron chi connectivity index (χ4n) is 1.49. The summed E-state index contributed by atoms with van der Waals surface area (Å²) in [6, 6.07) is 4.16. The Morgan fingerprint density at radius 1 is 1.50 bits per heavy atom. The van der Waals surface area contributed by atoms with Crippen molar-refractivity contribution in [2.24, 2.45) is 0 Å². The standard InChI is InChI=1S/C11H12BrNO/c1-7-6-10(12)8(2)9(4-5-13)11(7)14-3/h6H,4H2,1-3H3. The predicted octanol–water partition coefficient (Wildman–Crippen LogP) is 3.14. The molecule has 0 atom stereocenters. The van der Waals surface area contributed by atoms with Gasteiger partial charge >= 0.3 is 0 Å². The average Bonchev–Trinajstić information content (AvgIpc) is 2.14. The maximum atomic E-state index is 8.73.